The number of hydrogen-bond donors (Lipinski definition) is 1. The van der Waals surface area contributed by atoms with Crippen molar-refractivity contribution >= 4 is 5.69 Å². The maximum atomic E-state index is 9.01. The van der Waals surface area contributed by atoms with Gasteiger partial charge in [-0.3, -0.25) is 0 Å². The summed E-state index contributed by atoms with van der Waals surface area (Å²) >= 11 is 0. The number of hydrogen-bond acceptors (Lipinski definition) is 2. The lowest BCUT2D eigenvalue weighted by Gasteiger charge is -2.24. The van der Waals surface area contributed by atoms with E-state index in [4.69, 9.17) is 5.26 Å². The SMILES string of the molecule is CCC(C)(C)CNc1cc(C)ccc1C#N. The molecule has 0 spiro atoms. The van der Waals surface area contributed by atoms with E-state index in [1.165, 1.54) is 5.56 Å². The van der Waals surface area contributed by atoms with E-state index in [9.17, 15) is 0 Å². The quantitative estimate of drug-likeness (QED) is 0.832. The van der Waals surface area contributed by atoms with Gasteiger partial charge in [0.2, 0.25) is 0 Å². The Hall–Kier alpha value is -1.49. The molecule has 0 heterocycles. The molecule has 16 heavy (non-hydrogen) atoms. The summed E-state index contributed by atoms with van der Waals surface area (Å²) in [5, 5.41) is 12.4. The molecule has 0 radical (unpaired) electrons. The molecule has 86 valence electrons. The van der Waals surface area contributed by atoms with Crippen LogP contribution in [0.25, 0.3) is 0 Å². The number of aryl methyl sites for hydroxylation is 1. The molecule has 0 aliphatic rings. The van der Waals surface area contributed by atoms with Gasteiger partial charge in [0.1, 0.15) is 6.07 Å². The molecule has 1 aromatic carbocycles. The van der Waals surface area contributed by atoms with Gasteiger partial charge in [-0.05, 0) is 36.5 Å². The average molecular weight is 216 g/mol. The lowest BCUT2D eigenvalue weighted by Crippen LogP contribution is -2.22. The minimum atomic E-state index is 0.260. The van der Waals surface area contributed by atoms with Crippen molar-refractivity contribution in [2.24, 2.45) is 5.41 Å². The Bertz CT molecular complexity index is 400. The van der Waals surface area contributed by atoms with Gasteiger partial charge in [-0.2, -0.15) is 5.26 Å². The van der Waals surface area contributed by atoms with E-state index >= 15 is 0 Å². The summed E-state index contributed by atoms with van der Waals surface area (Å²) in [6, 6.07) is 8.09. The number of anilines is 1. The second-order valence-corrected chi connectivity index (χ2v) is 5.03. The Morgan fingerprint density at radius 3 is 2.62 bits per heavy atom. The maximum absolute atomic E-state index is 9.01. The van der Waals surface area contributed by atoms with Crippen molar-refractivity contribution in [3.8, 4) is 6.07 Å². The van der Waals surface area contributed by atoms with Crippen LogP contribution in [0.15, 0.2) is 18.2 Å². The van der Waals surface area contributed by atoms with Gasteiger partial charge in [0.15, 0.2) is 0 Å². The Morgan fingerprint density at radius 2 is 2.06 bits per heavy atom. The van der Waals surface area contributed by atoms with Gasteiger partial charge in [0, 0.05) is 6.54 Å². The third-order valence-corrected chi connectivity index (χ3v) is 3.01. The third-order valence-electron chi connectivity index (χ3n) is 3.01. The molecule has 0 aliphatic heterocycles. The van der Waals surface area contributed by atoms with Crippen LogP contribution in [-0.2, 0) is 0 Å². The van der Waals surface area contributed by atoms with Crippen LogP contribution in [0.2, 0.25) is 0 Å². The Morgan fingerprint density at radius 1 is 1.38 bits per heavy atom. The molecular formula is C14H20N2. The van der Waals surface area contributed by atoms with E-state index in [0.717, 1.165) is 24.2 Å². The summed E-state index contributed by atoms with van der Waals surface area (Å²) in [4.78, 5) is 0. The monoisotopic (exact) mass is 216 g/mol. The van der Waals surface area contributed by atoms with Gasteiger partial charge in [0.05, 0.1) is 11.3 Å². The van der Waals surface area contributed by atoms with E-state index in [1.54, 1.807) is 0 Å². The molecule has 0 saturated heterocycles. The molecule has 2 heteroatoms. The van der Waals surface area contributed by atoms with Crippen LogP contribution in [0.1, 0.15) is 38.3 Å². The summed E-state index contributed by atoms with van der Waals surface area (Å²) in [5.74, 6) is 0. The number of rotatable bonds is 4. The Balaban J connectivity index is 2.81. The largest absolute Gasteiger partial charge is 0.383 e. The normalized spacial score (nSPS) is 10.9. The summed E-state index contributed by atoms with van der Waals surface area (Å²) in [6.45, 7) is 9.56. The molecule has 0 aromatic heterocycles. The molecular weight excluding hydrogens is 196 g/mol. The van der Waals surface area contributed by atoms with Crippen molar-refractivity contribution in [3.63, 3.8) is 0 Å². The number of nitrogens with one attached hydrogen (secondary N) is 1. The topological polar surface area (TPSA) is 35.8 Å². The van der Waals surface area contributed by atoms with E-state index in [2.05, 4.69) is 32.2 Å². The molecule has 1 rings (SSSR count). The van der Waals surface area contributed by atoms with E-state index < -0.39 is 0 Å². The van der Waals surface area contributed by atoms with Gasteiger partial charge in [0.25, 0.3) is 0 Å². The molecule has 2 nitrogen and oxygen atoms in total. The fourth-order valence-corrected chi connectivity index (χ4v) is 1.36. The minimum Gasteiger partial charge on any atom is -0.383 e. The first-order valence-corrected chi connectivity index (χ1v) is 5.73. The standard InChI is InChI=1S/C14H20N2/c1-5-14(3,4)10-16-13-8-11(2)6-7-12(13)9-15/h6-8,16H,5,10H2,1-4H3. The molecule has 0 amide bonds. The van der Waals surface area contributed by atoms with Crippen LogP contribution in [0.3, 0.4) is 0 Å². The van der Waals surface area contributed by atoms with Gasteiger partial charge in [-0.15, -0.1) is 0 Å². The fourth-order valence-electron chi connectivity index (χ4n) is 1.36. The molecule has 1 aromatic rings. The van der Waals surface area contributed by atoms with Crippen molar-refractivity contribution in [2.45, 2.75) is 34.1 Å². The Kier molecular flexibility index (Phi) is 3.95. The van der Waals surface area contributed by atoms with Crippen molar-refractivity contribution in [1.29, 1.82) is 5.26 Å². The van der Waals surface area contributed by atoms with Crippen molar-refractivity contribution in [1.82, 2.24) is 0 Å². The molecule has 0 unspecified atom stereocenters. The van der Waals surface area contributed by atoms with Crippen LogP contribution in [-0.4, -0.2) is 6.54 Å². The second kappa shape index (κ2) is 5.03. The lowest BCUT2D eigenvalue weighted by atomic mass is 9.90. The average Bonchev–Trinajstić information content (AvgIpc) is 2.27. The van der Waals surface area contributed by atoms with Crippen LogP contribution in [0.5, 0.6) is 0 Å². The zero-order valence-electron chi connectivity index (χ0n) is 10.6. The lowest BCUT2D eigenvalue weighted by molar-refractivity contribution is 0.377. The number of nitrogens with zero attached hydrogens (tertiary/aromatic N) is 1. The van der Waals surface area contributed by atoms with Crippen LogP contribution in [0.4, 0.5) is 5.69 Å². The predicted octanol–water partition coefficient (Wildman–Crippen LogP) is 3.71. The molecule has 0 atom stereocenters. The van der Waals surface area contributed by atoms with Gasteiger partial charge in [-0.1, -0.05) is 26.8 Å². The summed E-state index contributed by atoms with van der Waals surface area (Å²) < 4.78 is 0. The van der Waals surface area contributed by atoms with Crippen molar-refractivity contribution in [2.75, 3.05) is 11.9 Å². The smallest absolute Gasteiger partial charge is 0.101 e. The second-order valence-electron chi connectivity index (χ2n) is 5.03. The zero-order chi connectivity index (χ0) is 12.2. The zero-order valence-corrected chi connectivity index (χ0v) is 10.6. The summed E-state index contributed by atoms with van der Waals surface area (Å²) in [7, 11) is 0. The minimum absolute atomic E-state index is 0.260. The highest BCUT2D eigenvalue weighted by atomic mass is 14.9. The molecule has 0 saturated carbocycles. The van der Waals surface area contributed by atoms with E-state index in [-0.39, 0.29) is 5.41 Å². The highest BCUT2D eigenvalue weighted by Gasteiger charge is 2.15. The molecule has 0 fully saturated rings. The fraction of sp³-hybridized carbons (Fsp3) is 0.500. The van der Waals surface area contributed by atoms with E-state index in [1.807, 2.05) is 25.1 Å². The summed E-state index contributed by atoms with van der Waals surface area (Å²) in [5.41, 5.74) is 3.11. The Labute approximate surface area is 98.3 Å². The predicted molar refractivity (Wildman–Crippen MR) is 68.5 cm³/mol. The van der Waals surface area contributed by atoms with Crippen LogP contribution >= 0.6 is 0 Å². The van der Waals surface area contributed by atoms with Gasteiger partial charge >= 0.3 is 0 Å². The first-order valence-electron chi connectivity index (χ1n) is 5.73. The molecule has 1 N–H and O–H groups in total. The van der Waals surface area contributed by atoms with Crippen molar-refractivity contribution < 1.29 is 0 Å². The molecule has 0 aliphatic carbocycles. The van der Waals surface area contributed by atoms with Crippen LogP contribution in [0, 0.1) is 23.7 Å². The first-order chi connectivity index (χ1) is 7.48. The van der Waals surface area contributed by atoms with Crippen LogP contribution < -0.4 is 5.32 Å². The molecule has 0 bridgehead atoms. The highest BCUT2D eigenvalue weighted by molar-refractivity contribution is 5.58. The summed E-state index contributed by atoms with van der Waals surface area (Å²) in [6.07, 6.45) is 1.12. The van der Waals surface area contributed by atoms with Gasteiger partial charge in [-0.25, -0.2) is 0 Å². The first kappa shape index (κ1) is 12.6. The van der Waals surface area contributed by atoms with E-state index in [0.29, 0.717) is 0 Å². The van der Waals surface area contributed by atoms with Gasteiger partial charge < -0.3 is 5.32 Å². The maximum Gasteiger partial charge on any atom is 0.101 e. The third kappa shape index (κ3) is 3.27. The number of nitriles is 1. The number of benzene rings is 1. The highest BCUT2D eigenvalue weighted by Crippen LogP contribution is 2.22. The van der Waals surface area contributed by atoms with Crippen molar-refractivity contribution in [3.05, 3.63) is 29.3 Å².